The van der Waals surface area contributed by atoms with E-state index < -0.39 is 0 Å². The molecule has 2 aromatic rings. The summed E-state index contributed by atoms with van der Waals surface area (Å²) in [7, 11) is 1.55. The van der Waals surface area contributed by atoms with Crippen LogP contribution < -0.4 is 4.74 Å². The lowest BCUT2D eigenvalue weighted by atomic mass is 10.2. The molecule has 0 bridgehead atoms. The van der Waals surface area contributed by atoms with Crippen LogP contribution >= 0.6 is 0 Å². The van der Waals surface area contributed by atoms with Crippen molar-refractivity contribution in [2.75, 3.05) is 33.4 Å². The Kier molecular flexibility index (Phi) is 4.93. The molecule has 1 saturated heterocycles. The van der Waals surface area contributed by atoms with Crippen molar-refractivity contribution in [1.82, 2.24) is 9.88 Å². The molecule has 23 heavy (non-hydrogen) atoms. The molecule has 124 valence electrons. The lowest BCUT2D eigenvalue weighted by Gasteiger charge is -2.17. The third-order valence-electron chi connectivity index (χ3n) is 3.98. The molecule has 0 unspecified atom stereocenters. The normalized spacial score (nSPS) is 16.3. The summed E-state index contributed by atoms with van der Waals surface area (Å²) in [5, 5.41) is 0. The molecule has 1 aliphatic heterocycles. The van der Waals surface area contributed by atoms with Crippen molar-refractivity contribution in [2.24, 2.45) is 0 Å². The molecule has 0 N–H and O–H groups in total. The molecule has 0 spiro atoms. The van der Waals surface area contributed by atoms with Crippen LogP contribution in [0.2, 0.25) is 0 Å². The van der Waals surface area contributed by atoms with Gasteiger partial charge in [0.15, 0.2) is 0 Å². The lowest BCUT2D eigenvalue weighted by Crippen LogP contribution is -2.26. The fourth-order valence-corrected chi connectivity index (χ4v) is 2.65. The molecule has 5 nitrogen and oxygen atoms in total. The van der Waals surface area contributed by atoms with Crippen LogP contribution in [0.25, 0.3) is 11.5 Å². The fraction of sp³-hybridized carbons (Fsp3) is 0.471. The van der Waals surface area contributed by atoms with Gasteiger partial charge in [-0.1, -0.05) is 0 Å². The van der Waals surface area contributed by atoms with Gasteiger partial charge in [-0.15, -0.1) is 0 Å². The number of halogens is 1. The first-order chi connectivity index (χ1) is 11.2. The zero-order valence-electron chi connectivity index (χ0n) is 13.5. The number of aromatic nitrogens is 1. The molecular weight excluding hydrogens is 299 g/mol. The number of rotatable bonds is 4. The number of methoxy groups -OCH3 is 1. The van der Waals surface area contributed by atoms with E-state index in [9.17, 15) is 4.39 Å². The lowest BCUT2D eigenvalue weighted by molar-refractivity contribution is 0.140. The highest BCUT2D eigenvalue weighted by Gasteiger charge is 2.18. The number of benzene rings is 1. The Morgan fingerprint density at radius 2 is 2.17 bits per heavy atom. The molecule has 0 radical (unpaired) electrons. The van der Waals surface area contributed by atoms with Crippen LogP contribution in [0.15, 0.2) is 22.6 Å². The summed E-state index contributed by atoms with van der Waals surface area (Å²) < 4.78 is 30.4. The van der Waals surface area contributed by atoms with Crippen LogP contribution in [0.5, 0.6) is 5.75 Å². The number of nitrogens with zero attached hydrogens (tertiary/aromatic N) is 2. The Hall–Kier alpha value is -1.92. The molecule has 6 heteroatoms. The summed E-state index contributed by atoms with van der Waals surface area (Å²) in [6, 6.07) is 4.54. The van der Waals surface area contributed by atoms with Crippen LogP contribution in [0.1, 0.15) is 17.9 Å². The van der Waals surface area contributed by atoms with Crippen LogP contribution in [-0.2, 0) is 11.3 Å². The van der Waals surface area contributed by atoms with Gasteiger partial charge in [-0.05, 0) is 31.5 Å². The van der Waals surface area contributed by atoms with Crippen molar-refractivity contribution < 1.29 is 18.3 Å². The summed E-state index contributed by atoms with van der Waals surface area (Å²) in [4.78, 5) is 6.78. The van der Waals surface area contributed by atoms with Gasteiger partial charge in [0.25, 0.3) is 0 Å². The van der Waals surface area contributed by atoms with Crippen molar-refractivity contribution in [3.8, 4) is 17.2 Å². The Morgan fingerprint density at radius 1 is 1.30 bits per heavy atom. The van der Waals surface area contributed by atoms with Crippen LogP contribution in [0.4, 0.5) is 4.39 Å². The Bertz CT molecular complexity index is 664. The van der Waals surface area contributed by atoms with Gasteiger partial charge >= 0.3 is 0 Å². The topological polar surface area (TPSA) is 47.7 Å². The smallest absolute Gasteiger partial charge is 0.229 e. The largest absolute Gasteiger partial charge is 0.497 e. The standard InChI is InChI=1S/C17H21FN2O3/c1-12-16(11-20-6-3-8-22-9-7-20)19-17(23-12)14-10-13(21-2)4-5-15(14)18/h4-5,10H,3,6-9,11H2,1-2H3. The average molecular weight is 320 g/mol. The van der Waals surface area contributed by atoms with Gasteiger partial charge in [-0.2, -0.15) is 0 Å². The summed E-state index contributed by atoms with van der Waals surface area (Å²) in [6.45, 7) is 5.91. The van der Waals surface area contributed by atoms with Gasteiger partial charge in [0.05, 0.1) is 25.0 Å². The highest BCUT2D eigenvalue weighted by Crippen LogP contribution is 2.28. The van der Waals surface area contributed by atoms with E-state index in [1.165, 1.54) is 6.07 Å². The van der Waals surface area contributed by atoms with E-state index in [0.29, 0.717) is 29.5 Å². The summed E-state index contributed by atoms with van der Waals surface area (Å²) in [6.07, 6.45) is 1.01. The SMILES string of the molecule is COc1ccc(F)c(-c2nc(CN3CCCOCC3)c(C)o2)c1. The molecule has 3 rings (SSSR count). The molecule has 2 heterocycles. The van der Waals surface area contributed by atoms with E-state index in [4.69, 9.17) is 13.9 Å². The summed E-state index contributed by atoms with van der Waals surface area (Å²) in [5.74, 6) is 1.21. The van der Waals surface area contributed by atoms with Gasteiger partial charge in [0, 0.05) is 26.2 Å². The monoisotopic (exact) mass is 320 g/mol. The molecule has 1 fully saturated rings. The number of ether oxygens (including phenoxy) is 2. The van der Waals surface area contributed by atoms with Crippen LogP contribution in [0.3, 0.4) is 0 Å². The fourth-order valence-electron chi connectivity index (χ4n) is 2.65. The second-order valence-electron chi connectivity index (χ2n) is 5.61. The predicted octanol–water partition coefficient (Wildman–Crippen LogP) is 3.02. The average Bonchev–Trinajstić information content (AvgIpc) is 2.75. The molecule has 0 aliphatic carbocycles. The van der Waals surface area contributed by atoms with Crippen molar-refractivity contribution in [2.45, 2.75) is 19.9 Å². The molecule has 0 atom stereocenters. The quantitative estimate of drug-likeness (QED) is 0.866. The van der Waals surface area contributed by atoms with Gasteiger partial charge in [-0.3, -0.25) is 4.90 Å². The third kappa shape index (κ3) is 3.71. The highest BCUT2D eigenvalue weighted by molar-refractivity contribution is 5.57. The van der Waals surface area contributed by atoms with Crippen molar-refractivity contribution in [3.63, 3.8) is 0 Å². The molecule has 1 aromatic heterocycles. The zero-order valence-corrected chi connectivity index (χ0v) is 13.5. The first-order valence-electron chi connectivity index (χ1n) is 7.77. The van der Waals surface area contributed by atoms with Gasteiger partial charge < -0.3 is 13.9 Å². The van der Waals surface area contributed by atoms with Gasteiger partial charge in [0.1, 0.15) is 17.3 Å². The Morgan fingerprint density at radius 3 is 3.00 bits per heavy atom. The second kappa shape index (κ2) is 7.10. The van der Waals surface area contributed by atoms with Crippen molar-refractivity contribution in [3.05, 3.63) is 35.5 Å². The van der Waals surface area contributed by atoms with E-state index in [-0.39, 0.29) is 5.82 Å². The first kappa shape index (κ1) is 16.0. The molecular formula is C17H21FN2O3. The third-order valence-corrected chi connectivity index (χ3v) is 3.98. The van der Waals surface area contributed by atoms with Gasteiger partial charge in [-0.25, -0.2) is 9.37 Å². The van der Waals surface area contributed by atoms with Gasteiger partial charge in [0.2, 0.25) is 5.89 Å². The van der Waals surface area contributed by atoms with E-state index in [0.717, 1.165) is 38.4 Å². The minimum atomic E-state index is -0.373. The van der Waals surface area contributed by atoms with Crippen LogP contribution in [-0.4, -0.2) is 43.3 Å². The maximum Gasteiger partial charge on any atom is 0.229 e. The number of oxazole rings is 1. The zero-order chi connectivity index (χ0) is 16.2. The summed E-state index contributed by atoms with van der Waals surface area (Å²) in [5.41, 5.74) is 1.15. The Labute approximate surface area is 135 Å². The number of hydrogen-bond acceptors (Lipinski definition) is 5. The van der Waals surface area contributed by atoms with E-state index >= 15 is 0 Å². The van der Waals surface area contributed by atoms with Crippen molar-refractivity contribution in [1.29, 1.82) is 0 Å². The highest BCUT2D eigenvalue weighted by atomic mass is 19.1. The van der Waals surface area contributed by atoms with E-state index in [2.05, 4.69) is 9.88 Å². The van der Waals surface area contributed by atoms with E-state index in [1.807, 2.05) is 6.92 Å². The Balaban J connectivity index is 1.83. The summed E-state index contributed by atoms with van der Waals surface area (Å²) >= 11 is 0. The molecule has 1 aliphatic rings. The van der Waals surface area contributed by atoms with E-state index in [1.54, 1.807) is 19.2 Å². The minimum Gasteiger partial charge on any atom is -0.497 e. The van der Waals surface area contributed by atoms with Crippen LogP contribution in [0, 0.1) is 12.7 Å². The maximum atomic E-state index is 14.1. The second-order valence-corrected chi connectivity index (χ2v) is 5.61. The predicted molar refractivity (Wildman–Crippen MR) is 83.9 cm³/mol. The molecule has 0 saturated carbocycles. The first-order valence-corrected chi connectivity index (χ1v) is 7.77. The maximum absolute atomic E-state index is 14.1. The molecule has 0 amide bonds. The number of hydrogen-bond donors (Lipinski definition) is 0. The molecule has 1 aromatic carbocycles. The number of aryl methyl sites for hydroxylation is 1. The minimum absolute atomic E-state index is 0.292. The van der Waals surface area contributed by atoms with Crippen molar-refractivity contribution >= 4 is 0 Å².